The molecule has 2 saturated carbocycles. The van der Waals surface area contributed by atoms with Gasteiger partial charge in [0.15, 0.2) is 0 Å². The van der Waals surface area contributed by atoms with Gasteiger partial charge in [-0.3, -0.25) is 0 Å². The highest BCUT2D eigenvalue weighted by molar-refractivity contribution is 9.10. The molecule has 0 spiro atoms. The first-order chi connectivity index (χ1) is 9.54. The van der Waals surface area contributed by atoms with E-state index in [1.165, 1.54) is 12.1 Å². The maximum Gasteiger partial charge on any atom is 0.137 e. The average Bonchev–Trinajstić information content (AvgIpc) is 3.17. The van der Waals surface area contributed by atoms with E-state index in [2.05, 4.69) is 21.2 Å². The third-order valence-corrected chi connectivity index (χ3v) is 4.91. The van der Waals surface area contributed by atoms with Crippen molar-refractivity contribution in [3.63, 3.8) is 0 Å². The maximum absolute atomic E-state index is 14.1. The molecule has 2 fully saturated rings. The van der Waals surface area contributed by atoms with Crippen molar-refractivity contribution in [2.75, 3.05) is 6.54 Å². The van der Waals surface area contributed by atoms with Crippen LogP contribution < -0.4 is 5.32 Å². The van der Waals surface area contributed by atoms with E-state index in [0.717, 1.165) is 32.2 Å². The minimum atomic E-state index is -0.423. The molecule has 0 heterocycles. The van der Waals surface area contributed by atoms with Crippen LogP contribution in [-0.2, 0) is 0 Å². The summed E-state index contributed by atoms with van der Waals surface area (Å²) in [6.45, 7) is 0.759. The predicted molar refractivity (Wildman–Crippen MR) is 76.3 cm³/mol. The van der Waals surface area contributed by atoms with Gasteiger partial charge in [-0.1, -0.05) is 0 Å². The number of benzene rings is 1. The zero-order valence-corrected chi connectivity index (χ0v) is 12.7. The molecule has 1 aromatic rings. The average molecular weight is 346 g/mol. The molecule has 0 radical (unpaired) electrons. The van der Waals surface area contributed by atoms with Gasteiger partial charge in [-0.25, -0.2) is 8.78 Å². The van der Waals surface area contributed by atoms with Crippen molar-refractivity contribution in [2.45, 2.75) is 37.8 Å². The Morgan fingerprint density at radius 2 is 1.95 bits per heavy atom. The number of nitrogens with one attached hydrogen (secondary N) is 1. The van der Waals surface area contributed by atoms with Gasteiger partial charge in [0.1, 0.15) is 11.6 Å². The molecule has 1 aromatic carbocycles. The summed E-state index contributed by atoms with van der Waals surface area (Å²) in [5, 5.41) is 12.7. The predicted octanol–water partition coefficient (Wildman–Crippen LogP) is 3.54. The SMILES string of the molecule is OC1CC(CNC(c2cc(F)c(Br)cc2F)C2CC2)C1. The highest BCUT2D eigenvalue weighted by Crippen LogP contribution is 2.42. The first-order valence-corrected chi connectivity index (χ1v) is 7.89. The first-order valence-electron chi connectivity index (χ1n) is 7.10. The second kappa shape index (κ2) is 5.70. The van der Waals surface area contributed by atoms with Crippen LogP contribution in [0.1, 0.15) is 37.3 Å². The van der Waals surface area contributed by atoms with Crippen molar-refractivity contribution in [3.8, 4) is 0 Å². The van der Waals surface area contributed by atoms with E-state index in [-0.39, 0.29) is 22.4 Å². The lowest BCUT2D eigenvalue weighted by atomic mass is 9.82. The molecule has 2 N–H and O–H groups in total. The molecule has 110 valence electrons. The zero-order valence-electron chi connectivity index (χ0n) is 11.1. The van der Waals surface area contributed by atoms with Gasteiger partial charge in [-0.05, 0) is 72.1 Å². The van der Waals surface area contributed by atoms with Gasteiger partial charge in [0.25, 0.3) is 0 Å². The summed E-state index contributed by atoms with van der Waals surface area (Å²) in [4.78, 5) is 0. The monoisotopic (exact) mass is 345 g/mol. The molecule has 1 unspecified atom stereocenters. The summed E-state index contributed by atoms with van der Waals surface area (Å²) in [6.07, 6.45) is 3.55. The fourth-order valence-electron chi connectivity index (χ4n) is 2.90. The van der Waals surface area contributed by atoms with Gasteiger partial charge in [0, 0.05) is 11.6 Å². The Labute approximate surface area is 125 Å². The van der Waals surface area contributed by atoms with Crippen LogP contribution in [0.5, 0.6) is 0 Å². The Bertz CT molecular complexity index is 501. The molecule has 2 aliphatic rings. The lowest BCUT2D eigenvalue weighted by Gasteiger charge is -2.33. The van der Waals surface area contributed by atoms with Crippen LogP contribution in [0, 0.1) is 23.5 Å². The van der Waals surface area contributed by atoms with Crippen LogP contribution in [0.4, 0.5) is 8.78 Å². The van der Waals surface area contributed by atoms with Crippen LogP contribution in [0.25, 0.3) is 0 Å². The maximum atomic E-state index is 14.1. The third kappa shape index (κ3) is 3.05. The summed E-state index contributed by atoms with van der Waals surface area (Å²) in [6, 6.07) is 2.38. The molecule has 0 bridgehead atoms. The zero-order chi connectivity index (χ0) is 14.3. The van der Waals surface area contributed by atoms with Crippen molar-refractivity contribution >= 4 is 15.9 Å². The van der Waals surface area contributed by atoms with Gasteiger partial charge < -0.3 is 10.4 Å². The molecule has 0 saturated heterocycles. The molecule has 0 amide bonds. The first kappa shape index (κ1) is 14.4. The molecule has 20 heavy (non-hydrogen) atoms. The van der Waals surface area contributed by atoms with Crippen molar-refractivity contribution in [1.82, 2.24) is 5.32 Å². The Hall–Kier alpha value is -0.520. The van der Waals surface area contributed by atoms with Crippen molar-refractivity contribution in [3.05, 3.63) is 33.8 Å². The number of hydrogen-bond donors (Lipinski definition) is 2. The Morgan fingerprint density at radius 3 is 2.55 bits per heavy atom. The minimum Gasteiger partial charge on any atom is -0.393 e. The third-order valence-electron chi connectivity index (χ3n) is 4.31. The van der Waals surface area contributed by atoms with Gasteiger partial charge in [-0.2, -0.15) is 0 Å². The van der Waals surface area contributed by atoms with Crippen LogP contribution in [-0.4, -0.2) is 17.8 Å². The largest absolute Gasteiger partial charge is 0.393 e. The van der Waals surface area contributed by atoms with Gasteiger partial charge in [0.05, 0.1) is 10.6 Å². The van der Waals surface area contributed by atoms with Crippen LogP contribution in [0.2, 0.25) is 0 Å². The quantitative estimate of drug-likeness (QED) is 0.800. The van der Waals surface area contributed by atoms with E-state index in [0.29, 0.717) is 17.4 Å². The lowest BCUT2D eigenvalue weighted by molar-refractivity contribution is 0.0414. The standard InChI is InChI=1S/C15H18BrF2NO/c16-12-6-13(17)11(5-14(12)18)15(9-1-2-9)19-7-8-3-10(20)4-8/h5-6,8-10,15,19-20H,1-4,7H2. The van der Waals surface area contributed by atoms with Crippen molar-refractivity contribution in [2.24, 2.45) is 11.8 Å². The number of hydrogen-bond acceptors (Lipinski definition) is 2. The molecule has 0 aliphatic heterocycles. The summed E-state index contributed by atoms with van der Waals surface area (Å²) >= 11 is 3.01. The molecule has 0 aromatic heterocycles. The summed E-state index contributed by atoms with van der Waals surface area (Å²) in [5.74, 6) is 0.0638. The van der Waals surface area contributed by atoms with Gasteiger partial charge in [-0.15, -0.1) is 0 Å². The normalized spacial score (nSPS) is 27.2. The second-order valence-corrected chi connectivity index (χ2v) is 6.86. The molecule has 5 heteroatoms. The number of rotatable bonds is 5. The Kier molecular flexibility index (Phi) is 4.11. The van der Waals surface area contributed by atoms with Crippen molar-refractivity contribution in [1.29, 1.82) is 0 Å². The van der Waals surface area contributed by atoms with E-state index < -0.39 is 5.82 Å². The van der Waals surface area contributed by atoms with Crippen LogP contribution in [0.15, 0.2) is 16.6 Å². The summed E-state index contributed by atoms with van der Waals surface area (Å²) in [5.41, 5.74) is 0.424. The van der Waals surface area contributed by atoms with Crippen LogP contribution >= 0.6 is 15.9 Å². The molecule has 3 rings (SSSR count). The summed E-state index contributed by atoms with van der Waals surface area (Å²) < 4.78 is 27.9. The fraction of sp³-hybridized carbons (Fsp3) is 0.600. The Balaban J connectivity index is 1.71. The molecule has 2 nitrogen and oxygen atoms in total. The molecular formula is C15H18BrF2NO. The van der Waals surface area contributed by atoms with Gasteiger partial charge in [0.2, 0.25) is 0 Å². The van der Waals surface area contributed by atoms with E-state index in [9.17, 15) is 13.9 Å². The van der Waals surface area contributed by atoms with Gasteiger partial charge >= 0.3 is 0 Å². The van der Waals surface area contributed by atoms with E-state index >= 15 is 0 Å². The molecule has 2 aliphatic carbocycles. The lowest BCUT2D eigenvalue weighted by Crippen LogP contribution is -2.38. The number of aliphatic hydroxyl groups is 1. The number of aliphatic hydroxyl groups excluding tert-OH is 1. The number of halogens is 3. The highest BCUT2D eigenvalue weighted by atomic mass is 79.9. The Morgan fingerprint density at radius 1 is 1.25 bits per heavy atom. The summed E-state index contributed by atoms with van der Waals surface area (Å²) in [7, 11) is 0. The van der Waals surface area contributed by atoms with E-state index in [4.69, 9.17) is 0 Å². The van der Waals surface area contributed by atoms with Crippen molar-refractivity contribution < 1.29 is 13.9 Å². The fourth-order valence-corrected chi connectivity index (χ4v) is 3.21. The topological polar surface area (TPSA) is 32.3 Å². The second-order valence-electron chi connectivity index (χ2n) is 6.00. The van der Waals surface area contributed by atoms with E-state index in [1.54, 1.807) is 0 Å². The van der Waals surface area contributed by atoms with E-state index in [1.807, 2.05) is 0 Å². The smallest absolute Gasteiger partial charge is 0.137 e. The minimum absolute atomic E-state index is 0.115. The molecule has 1 atom stereocenters. The highest BCUT2D eigenvalue weighted by Gasteiger charge is 2.35. The molecular weight excluding hydrogens is 328 g/mol. The van der Waals surface area contributed by atoms with Crippen LogP contribution in [0.3, 0.4) is 0 Å².